The molecule has 1 heterocycles. The molecule has 0 aliphatic heterocycles. The van der Waals surface area contributed by atoms with E-state index in [0.717, 1.165) is 23.0 Å². The summed E-state index contributed by atoms with van der Waals surface area (Å²) in [5.41, 5.74) is 1.17. The van der Waals surface area contributed by atoms with Gasteiger partial charge in [0.05, 0.1) is 23.1 Å². The number of para-hydroxylation sites is 1. The zero-order chi connectivity index (χ0) is 15.5. The Morgan fingerprint density at radius 2 is 1.82 bits per heavy atom. The molecular weight excluding hydrogens is 288 g/mol. The van der Waals surface area contributed by atoms with Gasteiger partial charge in [0.15, 0.2) is 0 Å². The minimum atomic E-state index is -0.841. The molecule has 0 fully saturated rings. The lowest BCUT2D eigenvalue weighted by Crippen LogP contribution is -2.20. The molecule has 0 aliphatic carbocycles. The molecular formula is C16H11F2N3O. The quantitative estimate of drug-likeness (QED) is 0.746. The number of carbonyl (C=O) groups excluding carboxylic acids is 1. The van der Waals surface area contributed by atoms with Crippen molar-refractivity contribution in [1.29, 1.82) is 0 Å². The van der Waals surface area contributed by atoms with E-state index in [1.54, 1.807) is 6.07 Å². The molecule has 0 saturated heterocycles. The van der Waals surface area contributed by atoms with Crippen molar-refractivity contribution in [2.45, 2.75) is 0 Å². The number of carbonyl (C=O) groups is 1. The number of hydrogen-bond acceptors (Lipinski definition) is 2. The number of amides is 2. The SMILES string of the molecule is O=C(Nc1cnc2ccccc2c1)Nc1ccc(F)cc1F. The number of nitrogens with one attached hydrogen (secondary N) is 2. The van der Waals surface area contributed by atoms with Crippen molar-refractivity contribution in [2.75, 3.05) is 10.6 Å². The maximum absolute atomic E-state index is 13.5. The minimum Gasteiger partial charge on any atom is -0.306 e. The van der Waals surface area contributed by atoms with Crippen LogP contribution in [0.3, 0.4) is 0 Å². The lowest BCUT2D eigenvalue weighted by Gasteiger charge is -2.09. The zero-order valence-corrected chi connectivity index (χ0v) is 11.3. The molecule has 0 spiro atoms. The van der Waals surface area contributed by atoms with Crippen molar-refractivity contribution in [2.24, 2.45) is 0 Å². The monoisotopic (exact) mass is 299 g/mol. The van der Waals surface area contributed by atoms with Crippen LogP contribution in [-0.2, 0) is 0 Å². The summed E-state index contributed by atoms with van der Waals surface area (Å²) in [5, 5.41) is 5.73. The highest BCUT2D eigenvalue weighted by molar-refractivity contribution is 6.00. The molecule has 2 aromatic carbocycles. The predicted octanol–water partition coefficient (Wildman–Crippen LogP) is 4.16. The van der Waals surface area contributed by atoms with Crippen LogP contribution in [0.4, 0.5) is 25.0 Å². The van der Waals surface area contributed by atoms with Gasteiger partial charge in [-0.2, -0.15) is 0 Å². The van der Waals surface area contributed by atoms with Crippen LogP contribution >= 0.6 is 0 Å². The average molecular weight is 299 g/mol. The van der Waals surface area contributed by atoms with Crippen LogP contribution in [0.1, 0.15) is 0 Å². The maximum atomic E-state index is 13.5. The number of halogens is 2. The Bertz CT molecular complexity index is 852. The van der Waals surface area contributed by atoms with Gasteiger partial charge in [-0.3, -0.25) is 4.98 Å². The number of benzene rings is 2. The molecule has 0 radical (unpaired) electrons. The topological polar surface area (TPSA) is 54.0 Å². The van der Waals surface area contributed by atoms with E-state index in [0.29, 0.717) is 11.8 Å². The molecule has 2 amide bonds. The average Bonchev–Trinajstić information content (AvgIpc) is 2.50. The van der Waals surface area contributed by atoms with Gasteiger partial charge >= 0.3 is 6.03 Å². The van der Waals surface area contributed by atoms with Gasteiger partial charge in [-0.15, -0.1) is 0 Å². The van der Waals surface area contributed by atoms with Crippen molar-refractivity contribution >= 4 is 28.3 Å². The molecule has 0 aliphatic rings. The number of rotatable bonds is 2. The Morgan fingerprint density at radius 3 is 2.64 bits per heavy atom. The Morgan fingerprint density at radius 1 is 1.00 bits per heavy atom. The highest BCUT2D eigenvalue weighted by atomic mass is 19.1. The van der Waals surface area contributed by atoms with E-state index in [9.17, 15) is 13.6 Å². The van der Waals surface area contributed by atoms with E-state index in [2.05, 4.69) is 15.6 Å². The van der Waals surface area contributed by atoms with Crippen LogP contribution in [-0.4, -0.2) is 11.0 Å². The van der Waals surface area contributed by atoms with Crippen LogP contribution < -0.4 is 10.6 Å². The van der Waals surface area contributed by atoms with E-state index < -0.39 is 17.7 Å². The largest absolute Gasteiger partial charge is 0.323 e. The summed E-state index contributed by atoms with van der Waals surface area (Å²) in [6.45, 7) is 0. The Balaban J connectivity index is 1.75. The van der Waals surface area contributed by atoms with Gasteiger partial charge < -0.3 is 10.6 Å². The van der Waals surface area contributed by atoms with E-state index in [1.807, 2.05) is 24.3 Å². The third-order valence-electron chi connectivity index (χ3n) is 3.03. The van der Waals surface area contributed by atoms with Crippen LogP contribution in [0.2, 0.25) is 0 Å². The lowest BCUT2D eigenvalue weighted by atomic mass is 10.2. The Kier molecular flexibility index (Phi) is 3.65. The Hall–Kier alpha value is -3.02. The molecule has 0 atom stereocenters. The van der Waals surface area contributed by atoms with E-state index in [1.165, 1.54) is 6.20 Å². The standard InChI is InChI=1S/C16H11F2N3O/c17-11-5-6-15(13(18)8-11)21-16(22)20-12-7-10-3-1-2-4-14(10)19-9-12/h1-9H,(H2,20,21,22). The van der Waals surface area contributed by atoms with Crippen molar-refractivity contribution < 1.29 is 13.6 Å². The van der Waals surface area contributed by atoms with Gasteiger partial charge in [0.1, 0.15) is 11.6 Å². The third kappa shape index (κ3) is 3.01. The molecule has 0 unspecified atom stereocenters. The third-order valence-corrected chi connectivity index (χ3v) is 3.03. The summed E-state index contributed by atoms with van der Waals surface area (Å²) in [7, 11) is 0. The number of nitrogens with zero attached hydrogens (tertiary/aromatic N) is 1. The van der Waals surface area contributed by atoms with Gasteiger partial charge in [-0.1, -0.05) is 18.2 Å². The molecule has 110 valence electrons. The molecule has 6 heteroatoms. The van der Waals surface area contributed by atoms with Gasteiger partial charge in [0, 0.05) is 11.5 Å². The molecule has 22 heavy (non-hydrogen) atoms. The normalized spacial score (nSPS) is 10.5. The van der Waals surface area contributed by atoms with Crippen molar-refractivity contribution in [3.63, 3.8) is 0 Å². The fourth-order valence-electron chi connectivity index (χ4n) is 2.01. The smallest absolute Gasteiger partial charge is 0.306 e. The second kappa shape index (κ2) is 5.77. The van der Waals surface area contributed by atoms with Crippen LogP contribution in [0.5, 0.6) is 0 Å². The molecule has 3 aromatic rings. The molecule has 3 rings (SSSR count). The lowest BCUT2D eigenvalue weighted by molar-refractivity contribution is 0.262. The number of aromatic nitrogens is 1. The van der Waals surface area contributed by atoms with Gasteiger partial charge in [-0.05, 0) is 24.3 Å². The van der Waals surface area contributed by atoms with Crippen LogP contribution in [0, 0.1) is 11.6 Å². The van der Waals surface area contributed by atoms with Gasteiger partial charge in [-0.25, -0.2) is 13.6 Å². The first kappa shape index (κ1) is 13.9. The summed E-state index contributed by atoms with van der Waals surface area (Å²) in [6, 6.07) is 11.5. The Labute approximate surface area is 124 Å². The second-order valence-electron chi connectivity index (χ2n) is 4.62. The zero-order valence-electron chi connectivity index (χ0n) is 11.3. The van der Waals surface area contributed by atoms with E-state index in [4.69, 9.17) is 0 Å². The number of fused-ring (bicyclic) bond motifs is 1. The number of pyridine rings is 1. The first-order chi connectivity index (χ1) is 10.6. The fourth-order valence-corrected chi connectivity index (χ4v) is 2.01. The number of urea groups is 1. The van der Waals surface area contributed by atoms with Gasteiger partial charge in [0.2, 0.25) is 0 Å². The molecule has 0 bridgehead atoms. The molecule has 1 aromatic heterocycles. The van der Waals surface area contributed by atoms with Crippen LogP contribution in [0.25, 0.3) is 10.9 Å². The maximum Gasteiger partial charge on any atom is 0.323 e. The highest BCUT2D eigenvalue weighted by Crippen LogP contribution is 2.18. The first-order valence-electron chi connectivity index (χ1n) is 6.50. The summed E-state index contributed by atoms with van der Waals surface area (Å²) in [5.74, 6) is -1.55. The summed E-state index contributed by atoms with van der Waals surface area (Å²) >= 11 is 0. The van der Waals surface area contributed by atoms with Crippen molar-refractivity contribution in [3.05, 3.63) is 66.4 Å². The minimum absolute atomic E-state index is 0.104. The number of anilines is 2. The summed E-state index contributed by atoms with van der Waals surface area (Å²) in [4.78, 5) is 16.0. The predicted molar refractivity (Wildman–Crippen MR) is 80.7 cm³/mol. The summed E-state index contributed by atoms with van der Waals surface area (Å²) < 4.78 is 26.3. The van der Waals surface area contributed by atoms with Crippen LogP contribution in [0.15, 0.2) is 54.7 Å². The van der Waals surface area contributed by atoms with Crippen molar-refractivity contribution in [3.8, 4) is 0 Å². The molecule has 0 saturated carbocycles. The molecule has 4 nitrogen and oxygen atoms in total. The van der Waals surface area contributed by atoms with Gasteiger partial charge in [0.25, 0.3) is 0 Å². The fraction of sp³-hybridized carbons (Fsp3) is 0. The second-order valence-corrected chi connectivity index (χ2v) is 4.62. The van der Waals surface area contributed by atoms with Crippen molar-refractivity contribution in [1.82, 2.24) is 4.98 Å². The first-order valence-corrected chi connectivity index (χ1v) is 6.50. The highest BCUT2D eigenvalue weighted by Gasteiger charge is 2.08. The molecule has 2 N–H and O–H groups in total. The van der Waals surface area contributed by atoms with E-state index >= 15 is 0 Å². The summed E-state index contributed by atoms with van der Waals surface area (Å²) in [6.07, 6.45) is 1.50. The number of hydrogen-bond donors (Lipinski definition) is 2. The van der Waals surface area contributed by atoms with E-state index in [-0.39, 0.29) is 5.69 Å².